The van der Waals surface area contributed by atoms with Crippen LogP contribution in [0, 0.1) is 0 Å². The second kappa shape index (κ2) is 6.72. The van der Waals surface area contributed by atoms with Gasteiger partial charge in [0.05, 0.1) is 16.7 Å². The maximum atomic E-state index is 6.44. The number of hydrogen-bond donors (Lipinski definition) is 0. The molecule has 0 spiro atoms. The lowest BCUT2D eigenvalue weighted by molar-refractivity contribution is 1.25. The predicted octanol–water partition coefficient (Wildman–Crippen LogP) is 7.63. The average molecular weight is 405 g/mol. The third-order valence-electron chi connectivity index (χ3n) is 5.62. The molecule has 6 aromatic rings. The molecule has 0 atom stereocenters. The van der Waals surface area contributed by atoms with Crippen LogP contribution in [0.2, 0.25) is 5.02 Å². The molecule has 30 heavy (non-hydrogen) atoms. The number of benzene rings is 4. The van der Waals surface area contributed by atoms with Gasteiger partial charge in [0.25, 0.3) is 0 Å². The van der Waals surface area contributed by atoms with Crippen LogP contribution < -0.4 is 0 Å². The fourth-order valence-electron chi connectivity index (χ4n) is 4.36. The number of pyridine rings is 1. The van der Waals surface area contributed by atoms with E-state index in [1.54, 1.807) is 0 Å². The molecule has 0 unspecified atom stereocenters. The molecule has 0 saturated heterocycles. The Kier molecular flexibility index (Phi) is 3.87. The van der Waals surface area contributed by atoms with E-state index in [1.165, 1.54) is 11.1 Å². The van der Waals surface area contributed by atoms with E-state index >= 15 is 0 Å². The summed E-state index contributed by atoms with van der Waals surface area (Å²) in [6.45, 7) is 0. The standard InChI is InChI=1S/C27H17ClN2/c28-20-15-16-21-22(17-20)27-29-23-13-7-8-14-24(23)30(27)26(19-11-5-2-6-12-19)25(21)18-9-3-1-4-10-18/h1-17H. The molecule has 4 aromatic carbocycles. The first-order valence-corrected chi connectivity index (χ1v) is 10.3. The first-order valence-electron chi connectivity index (χ1n) is 9.94. The van der Waals surface area contributed by atoms with Gasteiger partial charge in [-0.2, -0.15) is 0 Å². The maximum absolute atomic E-state index is 6.44. The monoisotopic (exact) mass is 404 g/mol. The second-order valence-electron chi connectivity index (χ2n) is 7.41. The lowest BCUT2D eigenvalue weighted by Crippen LogP contribution is -1.98. The van der Waals surface area contributed by atoms with Crippen LogP contribution in [0.5, 0.6) is 0 Å². The highest BCUT2D eigenvalue weighted by Gasteiger charge is 2.20. The van der Waals surface area contributed by atoms with Gasteiger partial charge >= 0.3 is 0 Å². The summed E-state index contributed by atoms with van der Waals surface area (Å²) in [5, 5.41) is 2.91. The number of halogens is 1. The number of rotatable bonds is 2. The fourth-order valence-corrected chi connectivity index (χ4v) is 4.53. The summed E-state index contributed by atoms with van der Waals surface area (Å²) < 4.78 is 2.28. The topological polar surface area (TPSA) is 17.3 Å². The van der Waals surface area contributed by atoms with E-state index in [9.17, 15) is 0 Å². The van der Waals surface area contributed by atoms with Crippen molar-refractivity contribution in [1.82, 2.24) is 9.38 Å². The summed E-state index contributed by atoms with van der Waals surface area (Å²) in [7, 11) is 0. The number of para-hydroxylation sites is 2. The van der Waals surface area contributed by atoms with Crippen LogP contribution in [0.3, 0.4) is 0 Å². The molecule has 0 radical (unpaired) electrons. The molecule has 0 aliphatic heterocycles. The molecule has 0 aliphatic rings. The van der Waals surface area contributed by atoms with E-state index in [4.69, 9.17) is 16.6 Å². The number of imidazole rings is 1. The molecule has 2 nitrogen and oxygen atoms in total. The van der Waals surface area contributed by atoms with E-state index in [0.717, 1.165) is 38.7 Å². The van der Waals surface area contributed by atoms with Gasteiger partial charge in [-0.25, -0.2) is 4.98 Å². The van der Waals surface area contributed by atoms with Gasteiger partial charge in [-0.05, 0) is 40.8 Å². The zero-order valence-corrected chi connectivity index (χ0v) is 16.8. The van der Waals surface area contributed by atoms with Gasteiger partial charge in [-0.1, -0.05) is 90.5 Å². The van der Waals surface area contributed by atoms with Crippen LogP contribution in [-0.4, -0.2) is 9.38 Å². The molecule has 6 rings (SSSR count). The van der Waals surface area contributed by atoms with Gasteiger partial charge in [0, 0.05) is 16.0 Å². The molecule has 142 valence electrons. The Morgan fingerprint density at radius 1 is 0.633 bits per heavy atom. The van der Waals surface area contributed by atoms with Crippen molar-refractivity contribution in [3.8, 4) is 22.4 Å². The molecule has 2 aromatic heterocycles. The summed E-state index contributed by atoms with van der Waals surface area (Å²) in [5.41, 5.74) is 7.63. The van der Waals surface area contributed by atoms with Crippen LogP contribution in [0.15, 0.2) is 103 Å². The van der Waals surface area contributed by atoms with Crippen molar-refractivity contribution in [3.05, 3.63) is 108 Å². The normalized spacial score (nSPS) is 11.5. The van der Waals surface area contributed by atoms with Crippen molar-refractivity contribution in [2.75, 3.05) is 0 Å². The highest BCUT2D eigenvalue weighted by Crippen LogP contribution is 2.42. The van der Waals surface area contributed by atoms with E-state index < -0.39 is 0 Å². The number of fused-ring (bicyclic) bond motifs is 5. The minimum Gasteiger partial charge on any atom is -0.291 e. The minimum absolute atomic E-state index is 0.711. The van der Waals surface area contributed by atoms with Crippen LogP contribution in [0.4, 0.5) is 0 Å². The van der Waals surface area contributed by atoms with Crippen molar-refractivity contribution in [2.45, 2.75) is 0 Å². The van der Waals surface area contributed by atoms with Gasteiger partial charge < -0.3 is 0 Å². The zero-order chi connectivity index (χ0) is 20.1. The molecular weight excluding hydrogens is 388 g/mol. The Hall–Kier alpha value is -3.62. The first-order chi connectivity index (χ1) is 14.8. The lowest BCUT2D eigenvalue weighted by Gasteiger charge is -2.18. The SMILES string of the molecule is Clc1ccc2c(-c3ccccc3)c(-c3ccccc3)n3c4ccccc4nc3c2c1. The van der Waals surface area contributed by atoms with E-state index in [2.05, 4.69) is 89.3 Å². The van der Waals surface area contributed by atoms with Crippen molar-refractivity contribution in [2.24, 2.45) is 0 Å². The van der Waals surface area contributed by atoms with Crippen molar-refractivity contribution in [3.63, 3.8) is 0 Å². The summed E-state index contributed by atoms with van der Waals surface area (Å²) >= 11 is 6.44. The number of nitrogens with zero attached hydrogens (tertiary/aromatic N) is 2. The van der Waals surface area contributed by atoms with Crippen LogP contribution in [0.1, 0.15) is 0 Å². The highest BCUT2D eigenvalue weighted by atomic mass is 35.5. The number of hydrogen-bond acceptors (Lipinski definition) is 1. The Bertz CT molecular complexity index is 1530. The molecule has 0 aliphatic carbocycles. The zero-order valence-electron chi connectivity index (χ0n) is 16.1. The van der Waals surface area contributed by atoms with Crippen LogP contribution in [-0.2, 0) is 0 Å². The highest BCUT2D eigenvalue weighted by molar-refractivity contribution is 6.32. The molecule has 0 amide bonds. The van der Waals surface area contributed by atoms with Gasteiger partial charge in [0.15, 0.2) is 0 Å². The maximum Gasteiger partial charge on any atom is 0.146 e. The third kappa shape index (κ3) is 2.54. The van der Waals surface area contributed by atoms with E-state index in [0.29, 0.717) is 5.02 Å². The Balaban J connectivity index is 1.95. The fraction of sp³-hybridized carbons (Fsp3) is 0. The summed E-state index contributed by atoms with van der Waals surface area (Å²) in [6.07, 6.45) is 0. The molecule has 0 N–H and O–H groups in total. The third-order valence-corrected chi connectivity index (χ3v) is 5.86. The quantitative estimate of drug-likeness (QED) is 0.290. The van der Waals surface area contributed by atoms with Crippen LogP contribution in [0.25, 0.3) is 49.8 Å². The molecule has 3 heteroatoms. The van der Waals surface area contributed by atoms with E-state index in [1.807, 2.05) is 18.2 Å². The van der Waals surface area contributed by atoms with Crippen molar-refractivity contribution >= 4 is 39.1 Å². The largest absolute Gasteiger partial charge is 0.291 e. The van der Waals surface area contributed by atoms with Gasteiger partial charge in [0.2, 0.25) is 0 Å². The Morgan fingerprint density at radius 3 is 2.07 bits per heavy atom. The van der Waals surface area contributed by atoms with Gasteiger partial charge in [-0.15, -0.1) is 0 Å². The first kappa shape index (κ1) is 17.3. The van der Waals surface area contributed by atoms with Gasteiger partial charge in [-0.3, -0.25) is 4.40 Å². The van der Waals surface area contributed by atoms with Crippen molar-refractivity contribution in [1.29, 1.82) is 0 Å². The molecule has 0 fully saturated rings. The van der Waals surface area contributed by atoms with E-state index in [-0.39, 0.29) is 0 Å². The Morgan fingerprint density at radius 2 is 1.30 bits per heavy atom. The minimum atomic E-state index is 0.711. The summed E-state index contributed by atoms with van der Waals surface area (Å²) in [4.78, 5) is 5.01. The molecule has 0 bridgehead atoms. The molecule has 2 heterocycles. The molecular formula is C27H17ClN2. The summed E-state index contributed by atoms with van der Waals surface area (Å²) in [5.74, 6) is 0. The van der Waals surface area contributed by atoms with Crippen molar-refractivity contribution < 1.29 is 0 Å². The smallest absolute Gasteiger partial charge is 0.146 e. The van der Waals surface area contributed by atoms with Crippen LogP contribution >= 0.6 is 11.6 Å². The second-order valence-corrected chi connectivity index (χ2v) is 7.84. The Labute approximate surface area is 179 Å². The summed E-state index contributed by atoms with van der Waals surface area (Å²) in [6, 6.07) is 35.5. The predicted molar refractivity (Wildman–Crippen MR) is 126 cm³/mol. The molecule has 0 saturated carbocycles. The average Bonchev–Trinajstić information content (AvgIpc) is 3.19. The lowest BCUT2D eigenvalue weighted by atomic mass is 9.93. The number of aromatic nitrogens is 2. The van der Waals surface area contributed by atoms with Gasteiger partial charge in [0.1, 0.15) is 5.65 Å².